The van der Waals surface area contributed by atoms with E-state index in [1.807, 2.05) is 0 Å². The first kappa shape index (κ1) is 14.1. The number of amides is 1. The molecule has 0 atom stereocenters. The smallest absolute Gasteiger partial charge is 0.291 e. The number of furan rings is 1. The highest BCUT2D eigenvalue weighted by Crippen LogP contribution is 2.17. The summed E-state index contributed by atoms with van der Waals surface area (Å²) in [6, 6.07) is 8.98. The summed E-state index contributed by atoms with van der Waals surface area (Å²) in [6.45, 7) is 0. The normalized spacial score (nSPS) is 11.1. The van der Waals surface area contributed by atoms with Gasteiger partial charge in [0.05, 0.1) is 7.11 Å². The highest BCUT2D eigenvalue weighted by molar-refractivity contribution is 7.89. The van der Waals surface area contributed by atoms with Crippen molar-refractivity contribution in [2.24, 2.45) is 5.14 Å². The molecule has 3 N–H and O–H groups in total. The van der Waals surface area contributed by atoms with Crippen molar-refractivity contribution in [3.8, 4) is 5.75 Å². The van der Waals surface area contributed by atoms with E-state index < -0.39 is 21.0 Å². The average molecular weight is 296 g/mol. The van der Waals surface area contributed by atoms with Crippen molar-refractivity contribution in [2.45, 2.75) is 5.09 Å². The predicted molar refractivity (Wildman–Crippen MR) is 71.0 cm³/mol. The molecule has 2 aromatic rings. The summed E-state index contributed by atoms with van der Waals surface area (Å²) in [7, 11) is -2.43. The Bertz CT molecular complexity index is 719. The second-order valence-corrected chi connectivity index (χ2v) is 5.34. The molecule has 0 saturated heterocycles. The van der Waals surface area contributed by atoms with Crippen molar-refractivity contribution < 1.29 is 22.4 Å². The zero-order chi connectivity index (χ0) is 14.8. The van der Waals surface area contributed by atoms with Gasteiger partial charge in [0.2, 0.25) is 5.09 Å². The van der Waals surface area contributed by atoms with Gasteiger partial charge in [0.15, 0.2) is 5.76 Å². The van der Waals surface area contributed by atoms with Crippen LogP contribution in [0.1, 0.15) is 10.6 Å². The minimum absolute atomic E-state index is 0.148. The molecule has 1 aromatic heterocycles. The minimum atomic E-state index is -3.96. The van der Waals surface area contributed by atoms with Gasteiger partial charge in [0, 0.05) is 5.69 Å². The van der Waals surface area contributed by atoms with Crippen molar-refractivity contribution in [3.63, 3.8) is 0 Å². The second kappa shape index (κ2) is 5.35. The lowest BCUT2D eigenvalue weighted by atomic mass is 10.3. The summed E-state index contributed by atoms with van der Waals surface area (Å²) in [6.07, 6.45) is 0. The molecule has 8 heteroatoms. The largest absolute Gasteiger partial charge is 0.497 e. The SMILES string of the molecule is COc1ccc(NC(=O)c2ccc(S(N)(=O)=O)o2)cc1. The molecular weight excluding hydrogens is 284 g/mol. The number of carbonyl (C=O) groups excluding carboxylic acids is 1. The number of rotatable bonds is 4. The van der Waals surface area contributed by atoms with Gasteiger partial charge >= 0.3 is 0 Å². The fraction of sp³-hybridized carbons (Fsp3) is 0.0833. The average Bonchev–Trinajstić information content (AvgIpc) is 2.89. The maximum atomic E-state index is 11.8. The maximum Gasteiger partial charge on any atom is 0.291 e. The molecule has 20 heavy (non-hydrogen) atoms. The molecule has 0 unspecified atom stereocenters. The lowest BCUT2D eigenvalue weighted by Gasteiger charge is -2.04. The third kappa shape index (κ3) is 3.16. The lowest BCUT2D eigenvalue weighted by Crippen LogP contribution is -2.12. The number of benzene rings is 1. The number of hydrogen-bond acceptors (Lipinski definition) is 5. The first-order valence-electron chi connectivity index (χ1n) is 5.48. The number of methoxy groups -OCH3 is 1. The molecule has 0 saturated carbocycles. The summed E-state index contributed by atoms with van der Waals surface area (Å²) in [4.78, 5) is 11.8. The number of nitrogens with two attached hydrogens (primary N) is 1. The number of hydrogen-bond donors (Lipinski definition) is 2. The van der Waals surface area contributed by atoms with E-state index in [9.17, 15) is 13.2 Å². The van der Waals surface area contributed by atoms with E-state index in [1.54, 1.807) is 24.3 Å². The molecule has 1 heterocycles. The molecule has 0 radical (unpaired) electrons. The van der Waals surface area contributed by atoms with Crippen LogP contribution in [0.25, 0.3) is 0 Å². The molecule has 106 valence electrons. The Labute approximate surface area is 115 Å². The van der Waals surface area contributed by atoms with E-state index in [2.05, 4.69) is 5.32 Å². The number of sulfonamides is 1. The molecule has 1 aromatic carbocycles. The number of carbonyl (C=O) groups is 1. The van der Waals surface area contributed by atoms with Gasteiger partial charge in [-0.2, -0.15) is 0 Å². The number of ether oxygens (including phenoxy) is 1. The fourth-order valence-electron chi connectivity index (χ4n) is 1.46. The van der Waals surface area contributed by atoms with Gasteiger partial charge < -0.3 is 14.5 Å². The van der Waals surface area contributed by atoms with Crippen molar-refractivity contribution in [2.75, 3.05) is 12.4 Å². The zero-order valence-corrected chi connectivity index (χ0v) is 11.3. The zero-order valence-electron chi connectivity index (χ0n) is 10.5. The Kier molecular flexibility index (Phi) is 3.77. The molecule has 7 nitrogen and oxygen atoms in total. The third-order valence-electron chi connectivity index (χ3n) is 2.43. The van der Waals surface area contributed by atoms with Crippen molar-refractivity contribution >= 4 is 21.6 Å². The number of anilines is 1. The van der Waals surface area contributed by atoms with Crippen LogP contribution in [0.4, 0.5) is 5.69 Å². The van der Waals surface area contributed by atoms with Crippen LogP contribution >= 0.6 is 0 Å². The summed E-state index contributed by atoms with van der Waals surface area (Å²) in [5.41, 5.74) is 0.518. The maximum absolute atomic E-state index is 11.8. The van der Waals surface area contributed by atoms with Crippen LogP contribution in [0.2, 0.25) is 0 Å². The molecule has 2 rings (SSSR count). The highest BCUT2D eigenvalue weighted by atomic mass is 32.2. The Hall–Kier alpha value is -2.32. The van der Waals surface area contributed by atoms with E-state index in [4.69, 9.17) is 14.3 Å². The topological polar surface area (TPSA) is 112 Å². The van der Waals surface area contributed by atoms with E-state index in [0.717, 1.165) is 6.07 Å². The summed E-state index contributed by atoms with van der Waals surface area (Å²) < 4.78 is 31.9. The molecule has 0 aliphatic heterocycles. The summed E-state index contributed by atoms with van der Waals surface area (Å²) >= 11 is 0. The van der Waals surface area contributed by atoms with Gasteiger partial charge in [-0.25, -0.2) is 13.6 Å². The van der Waals surface area contributed by atoms with Gasteiger partial charge in [-0.1, -0.05) is 0 Å². The van der Waals surface area contributed by atoms with Crippen molar-refractivity contribution in [3.05, 3.63) is 42.2 Å². The van der Waals surface area contributed by atoms with Crippen LogP contribution in [-0.4, -0.2) is 21.4 Å². The molecular formula is C12H12N2O5S. The van der Waals surface area contributed by atoms with Gasteiger partial charge in [0.25, 0.3) is 15.9 Å². The second-order valence-electron chi connectivity index (χ2n) is 3.85. The van der Waals surface area contributed by atoms with Crippen LogP contribution in [-0.2, 0) is 10.0 Å². The van der Waals surface area contributed by atoms with Gasteiger partial charge in [-0.15, -0.1) is 0 Å². The highest BCUT2D eigenvalue weighted by Gasteiger charge is 2.17. The quantitative estimate of drug-likeness (QED) is 0.880. The van der Waals surface area contributed by atoms with E-state index in [0.29, 0.717) is 11.4 Å². The summed E-state index contributed by atoms with van der Waals surface area (Å²) in [5.74, 6) is -0.0765. The van der Waals surface area contributed by atoms with E-state index in [1.165, 1.54) is 13.2 Å². The van der Waals surface area contributed by atoms with Gasteiger partial charge in [-0.05, 0) is 36.4 Å². The summed E-state index contributed by atoms with van der Waals surface area (Å²) in [5, 5.41) is 6.98. The Balaban J connectivity index is 2.13. The predicted octanol–water partition coefficient (Wildman–Crippen LogP) is 1.19. The first-order valence-corrected chi connectivity index (χ1v) is 7.03. The third-order valence-corrected chi connectivity index (χ3v) is 3.21. The Morgan fingerprint density at radius 1 is 1.20 bits per heavy atom. The van der Waals surface area contributed by atoms with E-state index >= 15 is 0 Å². The Morgan fingerprint density at radius 2 is 1.85 bits per heavy atom. The van der Waals surface area contributed by atoms with Crippen molar-refractivity contribution in [1.29, 1.82) is 0 Å². The standard InChI is InChI=1S/C12H12N2O5S/c1-18-9-4-2-8(3-5-9)14-12(15)10-6-7-11(19-10)20(13,16)17/h2-7H,1H3,(H,14,15)(H2,13,16,17). The van der Waals surface area contributed by atoms with Crippen LogP contribution in [0, 0.1) is 0 Å². The monoisotopic (exact) mass is 296 g/mol. The Morgan fingerprint density at radius 3 is 2.35 bits per heavy atom. The van der Waals surface area contributed by atoms with E-state index in [-0.39, 0.29) is 5.76 Å². The van der Waals surface area contributed by atoms with Gasteiger partial charge in [-0.3, -0.25) is 4.79 Å². The van der Waals surface area contributed by atoms with Crippen LogP contribution in [0.5, 0.6) is 5.75 Å². The van der Waals surface area contributed by atoms with Crippen molar-refractivity contribution in [1.82, 2.24) is 0 Å². The van der Waals surface area contributed by atoms with Crippen LogP contribution in [0.15, 0.2) is 45.9 Å². The molecule has 0 bridgehead atoms. The fourth-order valence-corrected chi connectivity index (χ4v) is 1.93. The molecule has 0 fully saturated rings. The number of primary sulfonamides is 1. The van der Waals surface area contributed by atoms with Gasteiger partial charge in [0.1, 0.15) is 5.75 Å². The molecule has 0 aliphatic rings. The first-order chi connectivity index (χ1) is 9.40. The lowest BCUT2D eigenvalue weighted by molar-refractivity contribution is 0.0991. The minimum Gasteiger partial charge on any atom is -0.497 e. The molecule has 0 spiro atoms. The van der Waals surface area contributed by atoms with Crippen LogP contribution in [0.3, 0.4) is 0 Å². The molecule has 1 amide bonds. The van der Waals surface area contributed by atoms with Crippen LogP contribution < -0.4 is 15.2 Å². The number of nitrogens with one attached hydrogen (secondary N) is 1. The molecule has 0 aliphatic carbocycles.